The molecule has 2 atom stereocenters. The van der Waals surface area contributed by atoms with Crippen LogP contribution in [0.4, 0.5) is 4.79 Å². The highest BCUT2D eigenvalue weighted by Gasteiger charge is 2.28. The molecule has 2 amide bonds. The van der Waals surface area contributed by atoms with E-state index in [0.717, 1.165) is 38.8 Å². The van der Waals surface area contributed by atoms with Crippen LogP contribution in [0.5, 0.6) is 0 Å². The first-order chi connectivity index (χ1) is 7.81. The summed E-state index contributed by atoms with van der Waals surface area (Å²) in [6.07, 6.45) is 4.19. The highest BCUT2D eigenvalue weighted by Crippen LogP contribution is 2.17. The van der Waals surface area contributed by atoms with Crippen molar-refractivity contribution < 1.29 is 14.6 Å². The van der Waals surface area contributed by atoms with Gasteiger partial charge in [-0.3, -0.25) is 0 Å². The summed E-state index contributed by atoms with van der Waals surface area (Å²) < 4.78 is 5.44. The van der Waals surface area contributed by atoms with E-state index in [-0.39, 0.29) is 24.8 Å². The SMILES string of the molecule is O=C(NC[C@H]1CCCO1)N1CCC[C@H]1CO. The maximum Gasteiger partial charge on any atom is 0.317 e. The molecule has 2 heterocycles. The van der Waals surface area contributed by atoms with Crippen LogP contribution in [0.3, 0.4) is 0 Å². The first kappa shape index (κ1) is 11.7. The lowest BCUT2D eigenvalue weighted by Crippen LogP contribution is -2.46. The van der Waals surface area contributed by atoms with E-state index in [1.807, 2.05) is 0 Å². The van der Waals surface area contributed by atoms with Crippen molar-refractivity contribution in [1.82, 2.24) is 10.2 Å². The maximum atomic E-state index is 11.8. The largest absolute Gasteiger partial charge is 0.394 e. The molecule has 0 bridgehead atoms. The fraction of sp³-hybridized carbons (Fsp3) is 0.909. The molecule has 5 nitrogen and oxygen atoms in total. The smallest absolute Gasteiger partial charge is 0.317 e. The Morgan fingerprint density at radius 3 is 3.00 bits per heavy atom. The van der Waals surface area contributed by atoms with Crippen LogP contribution >= 0.6 is 0 Å². The number of carbonyl (C=O) groups is 1. The number of aliphatic hydroxyl groups is 1. The quantitative estimate of drug-likeness (QED) is 0.732. The zero-order valence-electron chi connectivity index (χ0n) is 9.52. The molecule has 0 radical (unpaired) electrons. The number of nitrogens with zero attached hydrogens (tertiary/aromatic N) is 1. The maximum absolute atomic E-state index is 11.8. The van der Waals surface area contributed by atoms with E-state index in [1.54, 1.807) is 4.90 Å². The Morgan fingerprint density at radius 1 is 1.44 bits per heavy atom. The summed E-state index contributed by atoms with van der Waals surface area (Å²) in [7, 11) is 0. The summed E-state index contributed by atoms with van der Waals surface area (Å²) >= 11 is 0. The Labute approximate surface area is 95.8 Å². The second-order valence-electron chi connectivity index (χ2n) is 4.49. The average Bonchev–Trinajstić information content (AvgIpc) is 2.96. The van der Waals surface area contributed by atoms with Crippen molar-refractivity contribution in [2.45, 2.75) is 37.8 Å². The van der Waals surface area contributed by atoms with Crippen molar-refractivity contribution in [3.8, 4) is 0 Å². The highest BCUT2D eigenvalue weighted by molar-refractivity contribution is 5.74. The van der Waals surface area contributed by atoms with Crippen molar-refractivity contribution in [3.63, 3.8) is 0 Å². The van der Waals surface area contributed by atoms with Crippen LogP contribution in [0.1, 0.15) is 25.7 Å². The zero-order chi connectivity index (χ0) is 11.4. The Hall–Kier alpha value is -0.810. The van der Waals surface area contributed by atoms with Crippen molar-refractivity contribution in [3.05, 3.63) is 0 Å². The van der Waals surface area contributed by atoms with Gasteiger partial charge in [-0.25, -0.2) is 4.79 Å². The van der Waals surface area contributed by atoms with Crippen LogP contribution < -0.4 is 5.32 Å². The van der Waals surface area contributed by atoms with Crippen molar-refractivity contribution in [2.75, 3.05) is 26.3 Å². The molecule has 2 saturated heterocycles. The summed E-state index contributed by atoms with van der Waals surface area (Å²) in [5.41, 5.74) is 0. The van der Waals surface area contributed by atoms with Gasteiger partial charge in [-0.05, 0) is 25.7 Å². The standard InChI is InChI=1S/C11H20N2O3/c14-8-9-3-1-5-13(9)11(15)12-7-10-4-2-6-16-10/h9-10,14H,1-8H2,(H,12,15)/t9-,10+/m0/s1. The molecule has 2 N–H and O–H groups in total. The molecular formula is C11H20N2O3. The van der Waals surface area contributed by atoms with Gasteiger partial charge in [0.1, 0.15) is 0 Å². The molecule has 0 aromatic carbocycles. The van der Waals surface area contributed by atoms with Crippen molar-refractivity contribution in [1.29, 1.82) is 0 Å². The van der Waals surface area contributed by atoms with E-state index in [1.165, 1.54) is 0 Å². The molecule has 0 spiro atoms. The van der Waals surface area contributed by atoms with Crippen LogP contribution in [0.2, 0.25) is 0 Å². The topological polar surface area (TPSA) is 61.8 Å². The molecule has 0 aliphatic carbocycles. The molecule has 0 saturated carbocycles. The number of aliphatic hydroxyl groups excluding tert-OH is 1. The Morgan fingerprint density at radius 2 is 2.31 bits per heavy atom. The first-order valence-corrected chi connectivity index (χ1v) is 6.08. The first-order valence-electron chi connectivity index (χ1n) is 6.08. The fourth-order valence-electron chi connectivity index (χ4n) is 2.40. The van der Waals surface area contributed by atoms with Crippen LogP contribution in [0, 0.1) is 0 Å². The summed E-state index contributed by atoms with van der Waals surface area (Å²) in [6.45, 7) is 2.22. The van der Waals surface area contributed by atoms with E-state index in [0.29, 0.717) is 6.54 Å². The molecule has 2 rings (SSSR count). The van der Waals surface area contributed by atoms with E-state index >= 15 is 0 Å². The number of nitrogens with one attached hydrogen (secondary N) is 1. The molecule has 92 valence electrons. The predicted octanol–water partition coefficient (Wildman–Crippen LogP) is 0.332. The fourth-order valence-corrected chi connectivity index (χ4v) is 2.40. The van der Waals surface area contributed by atoms with Crippen LogP contribution in [0.15, 0.2) is 0 Å². The van der Waals surface area contributed by atoms with Gasteiger partial charge in [-0.1, -0.05) is 0 Å². The van der Waals surface area contributed by atoms with Gasteiger partial charge in [0.25, 0.3) is 0 Å². The van der Waals surface area contributed by atoms with Crippen molar-refractivity contribution in [2.24, 2.45) is 0 Å². The molecule has 5 heteroatoms. The Balaban J connectivity index is 1.74. The normalized spacial score (nSPS) is 29.7. The van der Waals surface area contributed by atoms with Crippen LogP contribution in [0.25, 0.3) is 0 Å². The van der Waals surface area contributed by atoms with Crippen LogP contribution in [-0.4, -0.2) is 54.5 Å². The number of amides is 2. The lowest BCUT2D eigenvalue weighted by Gasteiger charge is -2.24. The summed E-state index contributed by atoms with van der Waals surface area (Å²) in [5, 5.41) is 12.0. The number of ether oxygens (including phenoxy) is 1. The number of carbonyl (C=O) groups excluding carboxylic acids is 1. The lowest BCUT2D eigenvalue weighted by atomic mass is 10.2. The monoisotopic (exact) mass is 228 g/mol. The molecule has 2 fully saturated rings. The third-order valence-electron chi connectivity index (χ3n) is 3.35. The van der Waals surface area contributed by atoms with Gasteiger partial charge in [0.15, 0.2) is 0 Å². The number of hydrogen-bond acceptors (Lipinski definition) is 3. The number of rotatable bonds is 3. The summed E-state index contributed by atoms with van der Waals surface area (Å²) in [4.78, 5) is 13.6. The summed E-state index contributed by atoms with van der Waals surface area (Å²) in [5.74, 6) is 0. The van der Waals surface area contributed by atoms with Gasteiger partial charge in [0.2, 0.25) is 0 Å². The molecule has 0 unspecified atom stereocenters. The van der Waals surface area contributed by atoms with Gasteiger partial charge >= 0.3 is 6.03 Å². The minimum Gasteiger partial charge on any atom is -0.394 e. The minimum atomic E-state index is -0.0629. The molecule has 0 aromatic heterocycles. The Kier molecular flexibility index (Phi) is 4.01. The number of hydrogen-bond donors (Lipinski definition) is 2. The van der Waals surface area contributed by atoms with Gasteiger partial charge in [-0.2, -0.15) is 0 Å². The second kappa shape index (κ2) is 5.50. The van der Waals surface area contributed by atoms with Crippen LogP contribution in [-0.2, 0) is 4.74 Å². The predicted molar refractivity (Wildman–Crippen MR) is 59.2 cm³/mol. The van der Waals surface area contributed by atoms with Gasteiger partial charge in [0.05, 0.1) is 18.8 Å². The molecule has 2 aliphatic heterocycles. The molecule has 16 heavy (non-hydrogen) atoms. The van der Waals surface area contributed by atoms with Gasteiger partial charge < -0.3 is 20.1 Å². The summed E-state index contributed by atoms with van der Waals surface area (Å²) in [6, 6.07) is -0.0588. The number of urea groups is 1. The third-order valence-corrected chi connectivity index (χ3v) is 3.35. The zero-order valence-corrected chi connectivity index (χ0v) is 9.52. The minimum absolute atomic E-state index is 0.00416. The van der Waals surface area contributed by atoms with Crippen molar-refractivity contribution >= 4 is 6.03 Å². The average molecular weight is 228 g/mol. The molecular weight excluding hydrogens is 208 g/mol. The third kappa shape index (κ3) is 2.65. The number of likely N-dealkylation sites (tertiary alicyclic amines) is 1. The lowest BCUT2D eigenvalue weighted by molar-refractivity contribution is 0.106. The van der Waals surface area contributed by atoms with Gasteiger partial charge in [-0.15, -0.1) is 0 Å². The molecule has 2 aliphatic rings. The molecule has 0 aromatic rings. The highest BCUT2D eigenvalue weighted by atomic mass is 16.5. The Bertz CT molecular complexity index is 241. The second-order valence-corrected chi connectivity index (χ2v) is 4.49. The van der Waals surface area contributed by atoms with E-state index < -0.39 is 0 Å². The van der Waals surface area contributed by atoms with E-state index in [9.17, 15) is 4.79 Å². The van der Waals surface area contributed by atoms with E-state index in [4.69, 9.17) is 9.84 Å². The van der Waals surface area contributed by atoms with Gasteiger partial charge in [0, 0.05) is 19.7 Å². The van der Waals surface area contributed by atoms with E-state index in [2.05, 4.69) is 5.32 Å².